The Morgan fingerprint density at radius 3 is 2.55 bits per heavy atom. The molecule has 0 spiro atoms. The van der Waals surface area contributed by atoms with Crippen molar-refractivity contribution in [3.05, 3.63) is 0 Å². The monoisotopic (exact) mass is 240 g/mol. The largest absolute Gasteiger partial charge is 1.00 e. The summed E-state index contributed by atoms with van der Waals surface area (Å²) in [6.07, 6.45) is 1.02. The maximum absolute atomic E-state index is 9.31. The summed E-state index contributed by atoms with van der Waals surface area (Å²) >= 11 is 6.18. The molecule has 0 radical (unpaired) electrons. The normalized spacial score (nSPS) is 15.2. The molecule has 1 atom stereocenters. The van der Waals surface area contributed by atoms with Crippen LogP contribution in [0.5, 0.6) is 0 Å². The third-order valence-corrected chi connectivity index (χ3v) is 5.36. The Labute approximate surface area is 122 Å². The van der Waals surface area contributed by atoms with Gasteiger partial charge in [-0.05, 0) is 25.2 Å². The van der Waals surface area contributed by atoms with E-state index in [9.17, 15) is 4.89 Å². The molecule has 1 unspecified atom stereocenters. The van der Waals surface area contributed by atoms with Gasteiger partial charge in [0.15, 0.2) is 0 Å². The molecule has 2 nitrogen and oxygen atoms in total. The van der Waals surface area contributed by atoms with Gasteiger partial charge >= 0.3 is 51.4 Å². The molecule has 0 rings (SSSR count). The smallest absolute Gasteiger partial charge is 1.00 e. The fourth-order valence-electron chi connectivity index (χ4n) is 0.407. The number of rotatable bonds is 5. The van der Waals surface area contributed by atoms with Crippen LogP contribution >= 0.6 is 17.1 Å². The Morgan fingerprint density at radius 2 is 2.18 bits per heavy atom. The van der Waals surface area contributed by atoms with Gasteiger partial charge in [0, 0.05) is 5.75 Å². The minimum Gasteiger partial charge on any atom is -1.00 e. The predicted octanol–water partition coefficient (Wildman–Crippen LogP) is -0.501. The molecule has 64 valence electrons. The fourth-order valence-corrected chi connectivity index (χ4v) is 3.99. The van der Waals surface area contributed by atoms with E-state index in [0.717, 1.165) is 12.2 Å². The molecule has 0 saturated heterocycles. The van der Waals surface area contributed by atoms with Crippen LogP contribution in [0.2, 0.25) is 0 Å². The number of hydrogen-bond acceptors (Lipinski definition) is 3. The molecular weight excluding hydrogens is 226 g/mol. The summed E-state index contributed by atoms with van der Waals surface area (Å²) in [6.45, 7) is 4.39. The van der Waals surface area contributed by atoms with Crippen molar-refractivity contribution in [2.24, 2.45) is 0 Å². The Hall–Kier alpha value is 2.56. The molecule has 0 fully saturated rings. The fraction of sp³-hybridized carbons (Fsp3) is 1.00. The van der Waals surface area contributed by atoms with Crippen LogP contribution in [0.1, 0.15) is 21.7 Å². The quantitative estimate of drug-likeness (QED) is 0.518. The van der Waals surface area contributed by atoms with Gasteiger partial charge in [-0.25, -0.2) is 0 Å². The number of hydrogen-bond donors (Lipinski definition) is 1. The average Bonchev–Trinajstić information content (AvgIpc) is 1.84. The molecular formula is C5H14KO2PS2. The third kappa shape index (κ3) is 10.5. The SMILES string of the molecule is CCCSP(O)(=S)OCC.[H-].[K+]. The maximum atomic E-state index is 9.31. The second-order valence-corrected chi connectivity index (χ2v) is 8.02. The van der Waals surface area contributed by atoms with E-state index in [1.165, 1.54) is 11.4 Å². The second-order valence-electron chi connectivity index (χ2n) is 1.72. The van der Waals surface area contributed by atoms with Crippen LogP contribution in [0.25, 0.3) is 0 Å². The molecule has 0 aliphatic heterocycles. The summed E-state index contributed by atoms with van der Waals surface area (Å²) in [7, 11) is 0. The van der Waals surface area contributed by atoms with E-state index in [2.05, 4.69) is 0 Å². The van der Waals surface area contributed by atoms with Gasteiger partial charge < -0.3 is 10.8 Å². The van der Waals surface area contributed by atoms with Crippen LogP contribution in [-0.4, -0.2) is 17.3 Å². The summed E-state index contributed by atoms with van der Waals surface area (Å²) in [6, 6.07) is 0. The van der Waals surface area contributed by atoms with E-state index in [0.29, 0.717) is 6.61 Å². The van der Waals surface area contributed by atoms with Crippen molar-refractivity contribution in [3.8, 4) is 0 Å². The third-order valence-electron chi connectivity index (χ3n) is 0.751. The molecule has 6 heteroatoms. The van der Waals surface area contributed by atoms with Crippen molar-refractivity contribution < 1.29 is 62.2 Å². The molecule has 11 heavy (non-hydrogen) atoms. The van der Waals surface area contributed by atoms with E-state index in [-0.39, 0.29) is 52.8 Å². The van der Waals surface area contributed by atoms with Gasteiger partial charge in [0.2, 0.25) is 5.69 Å². The van der Waals surface area contributed by atoms with Crippen molar-refractivity contribution in [1.82, 2.24) is 0 Å². The van der Waals surface area contributed by atoms with E-state index < -0.39 is 5.69 Å². The summed E-state index contributed by atoms with van der Waals surface area (Å²) in [5.41, 5.74) is -2.46. The van der Waals surface area contributed by atoms with Crippen molar-refractivity contribution in [2.75, 3.05) is 12.4 Å². The molecule has 1 N–H and O–H groups in total. The molecule has 0 aromatic rings. The zero-order chi connectivity index (χ0) is 8.04. The molecule has 0 heterocycles. The first-order chi connectivity index (χ1) is 4.62. The van der Waals surface area contributed by atoms with Crippen LogP contribution in [0, 0.1) is 0 Å². The Bertz CT molecular complexity index is 139. The van der Waals surface area contributed by atoms with Gasteiger partial charge in [-0.3, -0.25) is 0 Å². The van der Waals surface area contributed by atoms with Crippen LogP contribution < -0.4 is 51.4 Å². The van der Waals surface area contributed by atoms with Gasteiger partial charge in [0.1, 0.15) is 0 Å². The van der Waals surface area contributed by atoms with E-state index in [1.54, 1.807) is 0 Å². The van der Waals surface area contributed by atoms with E-state index >= 15 is 0 Å². The summed E-state index contributed by atoms with van der Waals surface area (Å²) in [4.78, 5) is 9.31. The van der Waals surface area contributed by atoms with Gasteiger partial charge in [0.25, 0.3) is 0 Å². The van der Waals surface area contributed by atoms with E-state index in [1.807, 2.05) is 13.8 Å². The van der Waals surface area contributed by atoms with Gasteiger partial charge in [-0.15, -0.1) is 0 Å². The van der Waals surface area contributed by atoms with Gasteiger partial charge in [-0.1, -0.05) is 18.3 Å². The second kappa shape index (κ2) is 9.12. The summed E-state index contributed by atoms with van der Waals surface area (Å²) in [5.74, 6) is 0.883. The van der Waals surface area contributed by atoms with Crippen LogP contribution in [0.15, 0.2) is 0 Å². The topological polar surface area (TPSA) is 29.5 Å². The van der Waals surface area contributed by atoms with Gasteiger partial charge in [-0.2, -0.15) is 0 Å². The molecule has 0 bridgehead atoms. The van der Waals surface area contributed by atoms with Crippen molar-refractivity contribution >= 4 is 28.9 Å². The zero-order valence-corrected chi connectivity index (χ0v) is 12.9. The standard InChI is InChI=1S/C5H13O2PS2.K.H/c1-3-5-10-8(6,9)7-4-2;;/h3-5H2,1-2H3,(H,6,9);;/q;+1;-1. The van der Waals surface area contributed by atoms with Crippen LogP contribution in [-0.2, 0) is 16.3 Å². The molecule has 0 aromatic carbocycles. The van der Waals surface area contributed by atoms with Crippen molar-refractivity contribution in [3.63, 3.8) is 0 Å². The minimum atomic E-state index is -2.46. The van der Waals surface area contributed by atoms with Gasteiger partial charge in [0.05, 0.1) is 6.61 Å². The van der Waals surface area contributed by atoms with E-state index in [4.69, 9.17) is 16.3 Å². The summed E-state index contributed by atoms with van der Waals surface area (Å²) in [5, 5.41) is 0. The first-order valence-electron chi connectivity index (χ1n) is 3.24. The molecule has 0 aromatic heterocycles. The average molecular weight is 240 g/mol. The first kappa shape index (κ1) is 16.0. The maximum Gasteiger partial charge on any atom is 1.00 e. The van der Waals surface area contributed by atoms with Crippen LogP contribution in [0.4, 0.5) is 0 Å². The molecule has 0 aliphatic rings. The Morgan fingerprint density at radius 1 is 1.64 bits per heavy atom. The Kier molecular flexibility index (Phi) is 13.3. The molecule has 0 amide bonds. The first-order valence-corrected chi connectivity index (χ1v) is 7.50. The molecule has 0 aliphatic carbocycles. The Balaban J connectivity index is -0.000000405. The summed E-state index contributed by atoms with van der Waals surface area (Å²) < 4.78 is 4.98. The zero-order valence-electron chi connectivity index (χ0n) is 8.24. The van der Waals surface area contributed by atoms with Crippen LogP contribution in [0.3, 0.4) is 0 Å². The predicted molar refractivity (Wildman–Crippen MR) is 52.0 cm³/mol. The minimum absolute atomic E-state index is 0. The van der Waals surface area contributed by atoms with Crippen molar-refractivity contribution in [2.45, 2.75) is 20.3 Å². The molecule has 0 saturated carbocycles. The van der Waals surface area contributed by atoms with Crippen molar-refractivity contribution in [1.29, 1.82) is 0 Å².